The molecular formula is C17H24N2S. The van der Waals surface area contributed by atoms with Crippen molar-refractivity contribution in [3.63, 3.8) is 0 Å². The molecule has 0 saturated heterocycles. The van der Waals surface area contributed by atoms with Crippen molar-refractivity contribution in [3.8, 4) is 0 Å². The first-order valence-electron chi connectivity index (χ1n) is 7.18. The summed E-state index contributed by atoms with van der Waals surface area (Å²) in [5.41, 5.74) is 2.58. The predicted molar refractivity (Wildman–Crippen MR) is 89.7 cm³/mol. The van der Waals surface area contributed by atoms with E-state index in [9.17, 15) is 0 Å². The van der Waals surface area contributed by atoms with Gasteiger partial charge in [-0.3, -0.25) is 0 Å². The highest BCUT2D eigenvalue weighted by molar-refractivity contribution is 7.11. The van der Waals surface area contributed by atoms with Crippen LogP contribution < -0.4 is 10.2 Å². The summed E-state index contributed by atoms with van der Waals surface area (Å²) in [6.07, 6.45) is 1.13. The molecule has 2 aromatic rings. The molecule has 0 aliphatic heterocycles. The lowest BCUT2D eigenvalue weighted by molar-refractivity contribution is 0.579. The second-order valence-electron chi connectivity index (χ2n) is 5.31. The van der Waals surface area contributed by atoms with Gasteiger partial charge in [0.05, 0.1) is 0 Å². The van der Waals surface area contributed by atoms with Crippen molar-refractivity contribution >= 4 is 17.0 Å². The molecule has 0 radical (unpaired) electrons. The second kappa shape index (κ2) is 6.91. The molecule has 1 N–H and O–H groups in total. The van der Waals surface area contributed by atoms with Gasteiger partial charge in [-0.1, -0.05) is 19.1 Å². The van der Waals surface area contributed by atoms with Crippen LogP contribution in [-0.4, -0.2) is 14.1 Å². The van der Waals surface area contributed by atoms with Gasteiger partial charge < -0.3 is 10.2 Å². The van der Waals surface area contributed by atoms with Gasteiger partial charge in [0, 0.05) is 42.1 Å². The number of hydrogen-bond acceptors (Lipinski definition) is 3. The first-order chi connectivity index (χ1) is 9.60. The third-order valence-electron chi connectivity index (χ3n) is 3.56. The lowest BCUT2D eigenvalue weighted by Crippen LogP contribution is -2.17. The monoisotopic (exact) mass is 288 g/mol. The third-order valence-corrected chi connectivity index (χ3v) is 4.79. The summed E-state index contributed by atoms with van der Waals surface area (Å²) >= 11 is 1.91. The molecular weight excluding hydrogens is 264 g/mol. The zero-order valence-electron chi connectivity index (χ0n) is 12.8. The van der Waals surface area contributed by atoms with Crippen molar-refractivity contribution in [1.29, 1.82) is 0 Å². The Morgan fingerprint density at radius 2 is 1.70 bits per heavy atom. The third kappa shape index (κ3) is 3.84. The van der Waals surface area contributed by atoms with Gasteiger partial charge in [0.15, 0.2) is 0 Å². The van der Waals surface area contributed by atoms with Crippen LogP contribution in [-0.2, 0) is 13.0 Å². The van der Waals surface area contributed by atoms with Crippen LogP contribution in [0.25, 0.3) is 0 Å². The summed E-state index contributed by atoms with van der Waals surface area (Å²) in [6.45, 7) is 5.37. The molecule has 0 saturated carbocycles. The Kier molecular flexibility index (Phi) is 5.21. The van der Waals surface area contributed by atoms with Crippen LogP contribution in [0, 0.1) is 0 Å². The molecule has 3 heteroatoms. The average Bonchev–Trinajstić information content (AvgIpc) is 2.93. The van der Waals surface area contributed by atoms with E-state index in [1.165, 1.54) is 21.0 Å². The van der Waals surface area contributed by atoms with E-state index < -0.39 is 0 Å². The molecule has 1 aromatic carbocycles. The quantitative estimate of drug-likeness (QED) is 0.856. The number of nitrogens with one attached hydrogen (secondary N) is 1. The molecule has 0 fully saturated rings. The van der Waals surface area contributed by atoms with Crippen LogP contribution in [0.1, 0.15) is 35.2 Å². The van der Waals surface area contributed by atoms with E-state index in [2.05, 4.69) is 74.6 Å². The van der Waals surface area contributed by atoms with E-state index in [0.717, 1.165) is 13.0 Å². The Bertz CT molecular complexity index is 528. The van der Waals surface area contributed by atoms with E-state index in [-0.39, 0.29) is 0 Å². The van der Waals surface area contributed by atoms with Gasteiger partial charge in [-0.25, -0.2) is 0 Å². The number of thiophene rings is 1. The van der Waals surface area contributed by atoms with Crippen molar-refractivity contribution in [2.45, 2.75) is 32.9 Å². The fraction of sp³-hybridized carbons (Fsp3) is 0.412. The Balaban J connectivity index is 1.92. The van der Waals surface area contributed by atoms with Crippen LogP contribution in [0.5, 0.6) is 0 Å². The summed E-state index contributed by atoms with van der Waals surface area (Å²) in [6, 6.07) is 13.6. The molecule has 0 spiro atoms. The summed E-state index contributed by atoms with van der Waals surface area (Å²) in [4.78, 5) is 5.00. The lowest BCUT2D eigenvalue weighted by atomic mass is 10.1. The number of hydrogen-bond donors (Lipinski definition) is 1. The molecule has 1 atom stereocenters. The molecule has 0 amide bonds. The van der Waals surface area contributed by atoms with Crippen LogP contribution in [0.15, 0.2) is 36.4 Å². The van der Waals surface area contributed by atoms with Crippen LogP contribution in [0.3, 0.4) is 0 Å². The lowest BCUT2D eigenvalue weighted by Gasteiger charge is -2.16. The van der Waals surface area contributed by atoms with Crippen molar-refractivity contribution in [1.82, 2.24) is 5.32 Å². The first kappa shape index (κ1) is 15.1. The highest BCUT2D eigenvalue weighted by Crippen LogP contribution is 2.20. The number of nitrogens with zero attached hydrogens (tertiary/aromatic N) is 1. The first-order valence-corrected chi connectivity index (χ1v) is 8.00. The number of aryl methyl sites for hydroxylation is 1. The SMILES string of the molecule is CCc1ccc(CNC(C)c2ccc(N(C)C)cc2)s1. The van der Waals surface area contributed by atoms with Gasteiger partial charge in [0.25, 0.3) is 0 Å². The van der Waals surface area contributed by atoms with Gasteiger partial charge in [-0.05, 0) is 43.2 Å². The van der Waals surface area contributed by atoms with Gasteiger partial charge in [-0.15, -0.1) is 11.3 Å². The van der Waals surface area contributed by atoms with E-state index in [4.69, 9.17) is 0 Å². The Morgan fingerprint density at radius 3 is 2.25 bits per heavy atom. The minimum absolute atomic E-state index is 0.374. The molecule has 20 heavy (non-hydrogen) atoms. The predicted octanol–water partition coefficient (Wildman–Crippen LogP) is 4.23. The molecule has 1 aromatic heterocycles. The summed E-state index contributed by atoms with van der Waals surface area (Å²) in [5, 5.41) is 3.60. The Hall–Kier alpha value is -1.32. The van der Waals surface area contributed by atoms with Gasteiger partial charge in [-0.2, -0.15) is 0 Å². The second-order valence-corrected chi connectivity index (χ2v) is 6.56. The Morgan fingerprint density at radius 1 is 1.05 bits per heavy atom. The Labute approximate surface area is 126 Å². The highest BCUT2D eigenvalue weighted by atomic mass is 32.1. The molecule has 2 rings (SSSR count). The minimum atomic E-state index is 0.374. The van der Waals surface area contributed by atoms with Crippen LogP contribution >= 0.6 is 11.3 Å². The fourth-order valence-electron chi connectivity index (χ4n) is 2.14. The molecule has 0 aliphatic rings. The van der Waals surface area contributed by atoms with Gasteiger partial charge >= 0.3 is 0 Å². The topological polar surface area (TPSA) is 15.3 Å². The largest absolute Gasteiger partial charge is 0.378 e. The maximum atomic E-state index is 3.60. The molecule has 2 nitrogen and oxygen atoms in total. The number of benzene rings is 1. The zero-order valence-corrected chi connectivity index (χ0v) is 13.6. The summed E-state index contributed by atoms with van der Waals surface area (Å²) in [5.74, 6) is 0. The molecule has 108 valence electrons. The van der Waals surface area contributed by atoms with Crippen LogP contribution in [0.4, 0.5) is 5.69 Å². The highest BCUT2D eigenvalue weighted by Gasteiger charge is 2.06. The number of anilines is 1. The standard InChI is InChI=1S/C17H24N2S/c1-5-16-10-11-17(20-16)12-18-13(2)14-6-8-15(9-7-14)19(3)4/h6-11,13,18H,5,12H2,1-4H3. The van der Waals surface area contributed by atoms with Gasteiger partial charge in [0.1, 0.15) is 0 Å². The summed E-state index contributed by atoms with van der Waals surface area (Å²) in [7, 11) is 4.14. The molecule has 0 bridgehead atoms. The maximum absolute atomic E-state index is 3.60. The molecule has 1 heterocycles. The zero-order chi connectivity index (χ0) is 14.5. The maximum Gasteiger partial charge on any atom is 0.0361 e. The van der Waals surface area contributed by atoms with Crippen molar-refractivity contribution < 1.29 is 0 Å². The molecule has 1 unspecified atom stereocenters. The van der Waals surface area contributed by atoms with Crippen molar-refractivity contribution in [3.05, 3.63) is 51.7 Å². The smallest absolute Gasteiger partial charge is 0.0361 e. The fourth-order valence-corrected chi connectivity index (χ4v) is 3.05. The van der Waals surface area contributed by atoms with Crippen molar-refractivity contribution in [2.24, 2.45) is 0 Å². The summed E-state index contributed by atoms with van der Waals surface area (Å²) < 4.78 is 0. The molecule has 0 aliphatic carbocycles. The van der Waals surface area contributed by atoms with Gasteiger partial charge in [0.2, 0.25) is 0 Å². The van der Waals surface area contributed by atoms with Crippen LogP contribution in [0.2, 0.25) is 0 Å². The van der Waals surface area contributed by atoms with Crippen molar-refractivity contribution in [2.75, 3.05) is 19.0 Å². The van der Waals surface area contributed by atoms with E-state index in [1.54, 1.807) is 0 Å². The number of rotatable bonds is 6. The van der Waals surface area contributed by atoms with E-state index in [0.29, 0.717) is 6.04 Å². The normalized spacial score (nSPS) is 12.4. The van der Waals surface area contributed by atoms with E-state index in [1.807, 2.05) is 11.3 Å². The minimum Gasteiger partial charge on any atom is -0.378 e. The van der Waals surface area contributed by atoms with E-state index >= 15 is 0 Å². The average molecular weight is 288 g/mol.